The van der Waals surface area contributed by atoms with Crippen molar-refractivity contribution in [1.82, 2.24) is 0 Å². The molecule has 0 aliphatic heterocycles. The Labute approximate surface area is 110 Å². The summed E-state index contributed by atoms with van der Waals surface area (Å²) in [6.07, 6.45) is 0. The Morgan fingerprint density at radius 3 is 0.800 bits per heavy atom. The van der Waals surface area contributed by atoms with E-state index < -0.39 is 0 Å². The minimum absolute atomic E-state index is 0. The maximum absolute atomic E-state index is 10.3. The number of hydrogen-bond acceptors (Lipinski definition) is 2. The topological polar surface area (TPSA) is 34.1 Å². The smallest absolute Gasteiger partial charge is 0.191 e. The van der Waals surface area contributed by atoms with Crippen LogP contribution in [-0.4, -0.2) is 10.2 Å². The Morgan fingerprint density at radius 2 is 0.800 bits per heavy atom. The van der Waals surface area contributed by atoms with Crippen molar-refractivity contribution >= 4 is 47.9 Å². The average molecular weight is 273 g/mol. The van der Waals surface area contributed by atoms with Crippen molar-refractivity contribution in [2.45, 2.75) is 41.5 Å². The van der Waals surface area contributed by atoms with E-state index in [1.54, 1.807) is 0 Å². The van der Waals surface area contributed by atoms with E-state index in [9.17, 15) is 9.59 Å². The molecule has 0 spiro atoms. The molecular weight excluding hydrogens is 252 g/mol. The second kappa shape index (κ2) is 7.58. The summed E-state index contributed by atoms with van der Waals surface area (Å²) in [6.45, 7) is 11.0. The van der Waals surface area contributed by atoms with E-state index in [2.05, 4.69) is 25.3 Å². The maximum Gasteiger partial charge on any atom is 0.191 e. The Morgan fingerprint density at radius 1 is 0.733 bits per heavy atom. The van der Waals surface area contributed by atoms with Crippen LogP contribution in [0.4, 0.5) is 0 Å². The molecule has 0 unspecified atom stereocenters. The molecule has 2 nitrogen and oxygen atoms in total. The third-order valence-electron chi connectivity index (χ3n) is 1.28. The molecule has 0 atom stereocenters. The molecule has 0 aromatic rings. The molecule has 0 bridgehead atoms. The van der Waals surface area contributed by atoms with Crippen molar-refractivity contribution in [3.8, 4) is 0 Å². The van der Waals surface area contributed by atoms with Gasteiger partial charge in [0.25, 0.3) is 0 Å². The average Bonchev–Trinajstić information content (AvgIpc) is 1.83. The van der Waals surface area contributed by atoms with Crippen LogP contribution in [-0.2, 0) is 9.59 Å². The summed E-state index contributed by atoms with van der Waals surface area (Å²) in [4.78, 5) is 20.7. The first kappa shape index (κ1) is 20.7. The van der Waals surface area contributed by atoms with Gasteiger partial charge in [0.05, 0.1) is 0 Å². The minimum Gasteiger partial charge on any atom is -0.287 e. The molecule has 0 rings (SSSR count). The predicted octanol–water partition coefficient (Wildman–Crippen LogP) is 3.40. The number of halogens is 1. The van der Waals surface area contributed by atoms with Crippen LogP contribution in [0.2, 0.25) is 0 Å². The highest BCUT2D eigenvalue weighted by atomic mass is 35.5. The highest BCUT2D eigenvalue weighted by molar-refractivity contribution is 7.96. The van der Waals surface area contributed by atoms with E-state index in [1.807, 2.05) is 41.5 Å². The number of carbonyl (C=O) groups excluding carboxylic acids is 2. The molecule has 0 aliphatic carbocycles. The summed E-state index contributed by atoms with van der Waals surface area (Å²) in [5.74, 6) is 0. The second-order valence-electron chi connectivity index (χ2n) is 5.11. The molecule has 0 saturated heterocycles. The molecule has 0 aromatic carbocycles. The van der Waals surface area contributed by atoms with Crippen molar-refractivity contribution in [3.63, 3.8) is 0 Å². The van der Waals surface area contributed by atoms with Gasteiger partial charge >= 0.3 is 0 Å². The van der Waals surface area contributed by atoms with Crippen molar-refractivity contribution in [2.24, 2.45) is 10.8 Å². The molecule has 0 aliphatic rings. The lowest BCUT2D eigenvalue weighted by Crippen LogP contribution is -2.13. The number of rotatable bonds is 0. The highest BCUT2D eigenvalue weighted by Gasteiger charge is 2.16. The Bertz CT molecular complexity index is 190. The van der Waals surface area contributed by atoms with Crippen molar-refractivity contribution in [1.29, 1.82) is 0 Å². The summed E-state index contributed by atoms with van der Waals surface area (Å²) in [5.41, 5.74) is -0.549. The van der Waals surface area contributed by atoms with Crippen LogP contribution in [0.5, 0.6) is 0 Å². The fourth-order valence-electron chi connectivity index (χ4n) is 0. The van der Waals surface area contributed by atoms with E-state index in [0.717, 1.165) is 0 Å². The Hall–Kier alpha value is 0.330. The van der Waals surface area contributed by atoms with Gasteiger partial charge in [0.1, 0.15) is 0 Å². The van der Waals surface area contributed by atoms with Gasteiger partial charge in [-0.15, -0.1) is 37.7 Å². The van der Waals surface area contributed by atoms with Gasteiger partial charge in [0.2, 0.25) is 0 Å². The van der Waals surface area contributed by atoms with Gasteiger partial charge in [0.15, 0.2) is 10.2 Å². The van der Waals surface area contributed by atoms with Gasteiger partial charge in [-0.25, -0.2) is 0 Å². The fourth-order valence-corrected chi connectivity index (χ4v) is 0. The number of thiol groups is 2. The molecule has 92 valence electrons. The largest absolute Gasteiger partial charge is 0.287 e. The second-order valence-corrected chi connectivity index (χ2v) is 5.92. The van der Waals surface area contributed by atoms with Crippen LogP contribution in [0.1, 0.15) is 41.5 Å². The summed E-state index contributed by atoms with van der Waals surface area (Å²) in [5, 5.41) is -0.125. The van der Waals surface area contributed by atoms with E-state index in [4.69, 9.17) is 0 Å². The van der Waals surface area contributed by atoms with Gasteiger partial charge in [-0.2, -0.15) is 0 Å². The van der Waals surface area contributed by atoms with Crippen molar-refractivity contribution in [3.05, 3.63) is 0 Å². The summed E-state index contributed by atoms with van der Waals surface area (Å²) >= 11 is 7.28. The van der Waals surface area contributed by atoms with E-state index in [0.29, 0.717) is 0 Å². The lowest BCUT2D eigenvalue weighted by atomic mass is 10.00. The monoisotopic (exact) mass is 272 g/mol. The summed E-state index contributed by atoms with van der Waals surface area (Å²) < 4.78 is 0. The quantitative estimate of drug-likeness (QED) is 0.663. The molecule has 0 heterocycles. The molecule has 0 N–H and O–H groups in total. The lowest BCUT2D eigenvalue weighted by molar-refractivity contribution is -0.117. The first-order chi connectivity index (χ1) is 5.89. The summed E-state index contributed by atoms with van der Waals surface area (Å²) in [7, 11) is 0. The zero-order valence-corrected chi connectivity index (χ0v) is 12.7. The van der Waals surface area contributed by atoms with Gasteiger partial charge in [-0.3, -0.25) is 9.59 Å². The number of carbonyl (C=O) groups is 2. The molecule has 0 radical (unpaired) electrons. The van der Waals surface area contributed by atoms with Crippen LogP contribution in [0.15, 0.2) is 0 Å². The van der Waals surface area contributed by atoms with E-state index in [1.165, 1.54) is 0 Å². The molecule has 5 heteroatoms. The van der Waals surface area contributed by atoms with Gasteiger partial charge in [-0.05, 0) is 0 Å². The van der Waals surface area contributed by atoms with E-state index in [-0.39, 0.29) is 33.5 Å². The normalized spacial score (nSPS) is 10.7. The van der Waals surface area contributed by atoms with Crippen molar-refractivity contribution < 1.29 is 9.59 Å². The third kappa shape index (κ3) is 14.3. The van der Waals surface area contributed by atoms with Crippen LogP contribution in [0.25, 0.3) is 0 Å². The lowest BCUT2D eigenvalue weighted by Gasteiger charge is -2.10. The standard InChI is InChI=1S/2C5H10OS.ClH/c2*1-5(2,3)4(6)7;/h2*1-3H3,(H,6,7);1H. The molecule has 0 fully saturated rings. The molecular formula is C10H21ClO2S2. The van der Waals surface area contributed by atoms with Crippen LogP contribution in [0.3, 0.4) is 0 Å². The van der Waals surface area contributed by atoms with E-state index >= 15 is 0 Å². The van der Waals surface area contributed by atoms with Crippen LogP contribution >= 0.6 is 37.7 Å². The Kier molecular flexibility index (Phi) is 10.5. The first-order valence-corrected chi connectivity index (χ1v) is 5.25. The van der Waals surface area contributed by atoms with Crippen LogP contribution in [0, 0.1) is 10.8 Å². The highest BCUT2D eigenvalue weighted by Crippen LogP contribution is 2.16. The van der Waals surface area contributed by atoms with Crippen molar-refractivity contribution in [2.75, 3.05) is 0 Å². The fraction of sp³-hybridized carbons (Fsp3) is 0.800. The third-order valence-corrected chi connectivity index (χ3v) is 2.62. The molecule has 0 saturated carbocycles. The molecule has 0 aromatic heterocycles. The van der Waals surface area contributed by atoms with Crippen LogP contribution < -0.4 is 0 Å². The SMILES string of the molecule is CC(C)(C)C(=O)S.CC(C)(C)C(=O)S.Cl. The molecule has 15 heavy (non-hydrogen) atoms. The predicted molar refractivity (Wildman–Crippen MR) is 74.1 cm³/mol. The summed E-state index contributed by atoms with van der Waals surface area (Å²) in [6, 6.07) is 0. The minimum atomic E-state index is -0.275. The molecule has 0 amide bonds. The zero-order valence-electron chi connectivity index (χ0n) is 10.1. The first-order valence-electron chi connectivity index (χ1n) is 4.36. The zero-order chi connectivity index (χ0) is 12.2. The Balaban J connectivity index is -0.000000180. The van der Waals surface area contributed by atoms with Gasteiger partial charge < -0.3 is 0 Å². The number of hydrogen-bond donors (Lipinski definition) is 2. The van der Waals surface area contributed by atoms with Gasteiger partial charge in [0, 0.05) is 10.8 Å². The maximum atomic E-state index is 10.3. The van der Waals surface area contributed by atoms with Gasteiger partial charge in [-0.1, -0.05) is 41.5 Å².